The molecule has 0 saturated heterocycles. The zero-order chi connectivity index (χ0) is 22.9. The molecule has 0 atom stereocenters. The highest BCUT2D eigenvalue weighted by molar-refractivity contribution is 6.08. The zero-order valence-electron chi connectivity index (χ0n) is 18.6. The van der Waals surface area contributed by atoms with Crippen molar-refractivity contribution in [3.05, 3.63) is 125 Å². The first-order chi connectivity index (χ1) is 16.2. The Labute approximate surface area is 194 Å². The molecule has 4 nitrogen and oxygen atoms in total. The molecule has 166 valence electrons. The lowest BCUT2D eigenvalue weighted by Crippen LogP contribution is -2.04. The highest BCUT2D eigenvalue weighted by Gasteiger charge is 2.13. The van der Waals surface area contributed by atoms with E-state index < -0.39 is 0 Å². The number of furan rings is 1. The highest BCUT2D eigenvalue weighted by atomic mass is 16.5. The largest absolute Gasteiger partial charge is 0.489 e. The average molecular weight is 439 g/mol. The van der Waals surface area contributed by atoms with E-state index in [0.717, 1.165) is 23.3 Å². The maximum atomic E-state index is 13.0. The van der Waals surface area contributed by atoms with Gasteiger partial charge in [-0.3, -0.25) is 4.79 Å². The van der Waals surface area contributed by atoms with Crippen molar-refractivity contribution in [2.45, 2.75) is 26.6 Å². The molecule has 0 aliphatic rings. The fraction of sp³-hybridized carbons (Fsp3) is 0.138. The number of rotatable bonds is 10. The van der Waals surface area contributed by atoms with Crippen molar-refractivity contribution < 1.29 is 18.7 Å². The van der Waals surface area contributed by atoms with Crippen molar-refractivity contribution in [1.82, 2.24) is 0 Å². The summed E-state index contributed by atoms with van der Waals surface area (Å²) < 4.78 is 17.6. The van der Waals surface area contributed by atoms with Crippen molar-refractivity contribution >= 4 is 11.9 Å². The number of hydrogen-bond acceptors (Lipinski definition) is 4. The molecule has 4 heteroatoms. The quantitative estimate of drug-likeness (QED) is 0.200. The molecule has 0 unspecified atom stereocenters. The Morgan fingerprint density at radius 3 is 2.12 bits per heavy atom. The number of allylic oxidation sites excluding steroid dienone is 1. The van der Waals surface area contributed by atoms with Crippen LogP contribution in [0.5, 0.6) is 11.5 Å². The molecule has 0 amide bonds. The molecule has 4 aromatic rings. The van der Waals surface area contributed by atoms with Gasteiger partial charge in [0.15, 0.2) is 5.78 Å². The Balaban J connectivity index is 1.53. The molecule has 0 aliphatic carbocycles. The van der Waals surface area contributed by atoms with Gasteiger partial charge < -0.3 is 13.9 Å². The second-order valence-electron chi connectivity index (χ2n) is 7.56. The van der Waals surface area contributed by atoms with E-state index in [1.54, 1.807) is 24.3 Å². The van der Waals surface area contributed by atoms with Crippen LogP contribution in [0, 0.1) is 0 Å². The summed E-state index contributed by atoms with van der Waals surface area (Å²) in [5, 5.41) is 0. The summed E-state index contributed by atoms with van der Waals surface area (Å²) in [7, 11) is 0. The molecule has 0 fully saturated rings. The normalized spacial score (nSPS) is 10.9. The molecule has 0 aliphatic heterocycles. The van der Waals surface area contributed by atoms with Gasteiger partial charge >= 0.3 is 0 Å². The molecule has 1 heterocycles. The molecule has 0 saturated carbocycles. The number of carbonyl (C=O) groups excluding carboxylic acids is 1. The standard InChI is InChI=1S/C29H26O4/c1-2-24-13-14-25(33-24)16-18-28(30)27-17-15-26(31-20-22-9-5-3-6-10-22)19-29(27)32-21-23-11-7-4-8-12-23/h3-19H,2,20-21H2,1H3/b18-16+. The van der Waals surface area contributed by atoms with E-state index in [9.17, 15) is 4.79 Å². The van der Waals surface area contributed by atoms with Crippen LogP contribution in [-0.4, -0.2) is 5.78 Å². The van der Waals surface area contributed by atoms with Crippen LogP contribution in [0.3, 0.4) is 0 Å². The number of ketones is 1. The number of benzene rings is 3. The van der Waals surface area contributed by atoms with Gasteiger partial charge in [0, 0.05) is 12.5 Å². The smallest absolute Gasteiger partial charge is 0.189 e. The fourth-order valence-electron chi connectivity index (χ4n) is 3.31. The van der Waals surface area contributed by atoms with Gasteiger partial charge in [-0.05, 0) is 47.5 Å². The van der Waals surface area contributed by atoms with Crippen molar-refractivity contribution in [3.63, 3.8) is 0 Å². The second-order valence-corrected chi connectivity index (χ2v) is 7.56. The van der Waals surface area contributed by atoms with E-state index >= 15 is 0 Å². The summed E-state index contributed by atoms with van der Waals surface area (Å²) in [4.78, 5) is 13.0. The molecule has 0 radical (unpaired) electrons. The Kier molecular flexibility index (Phi) is 7.39. The van der Waals surface area contributed by atoms with Crippen LogP contribution >= 0.6 is 0 Å². The van der Waals surface area contributed by atoms with Gasteiger partial charge in [0.25, 0.3) is 0 Å². The lowest BCUT2D eigenvalue weighted by atomic mass is 10.1. The van der Waals surface area contributed by atoms with E-state index in [2.05, 4.69) is 0 Å². The molecule has 0 bridgehead atoms. The summed E-state index contributed by atoms with van der Waals surface area (Å²) in [6.45, 7) is 2.81. The van der Waals surface area contributed by atoms with Crippen LogP contribution in [0.2, 0.25) is 0 Å². The maximum Gasteiger partial charge on any atom is 0.189 e. The topological polar surface area (TPSA) is 48.7 Å². The van der Waals surface area contributed by atoms with Gasteiger partial charge in [-0.15, -0.1) is 0 Å². The predicted octanol–water partition coefficient (Wildman–Crippen LogP) is 6.90. The minimum atomic E-state index is -0.165. The zero-order valence-corrected chi connectivity index (χ0v) is 18.6. The fourth-order valence-corrected chi connectivity index (χ4v) is 3.31. The molecule has 3 aromatic carbocycles. The third kappa shape index (κ3) is 6.23. The molecule has 0 spiro atoms. The first kappa shape index (κ1) is 22.2. The maximum absolute atomic E-state index is 13.0. The molecule has 1 aromatic heterocycles. The third-order valence-electron chi connectivity index (χ3n) is 5.13. The minimum Gasteiger partial charge on any atom is -0.489 e. The van der Waals surface area contributed by atoms with E-state index in [1.165, 1.54) is 6.08 Å². The van der Waals surface area contributed by atoms with Crippen LogP contribution in [0.4, 0.5) is 0 Å². The highest BCUT2D eigenvalue weighted by Crippen LogP contribution is 2.28. The Morgan fingerprint density at radius 1 is 0.818 bits per heavy atom. The number of carbonyl (C=O) groups is 1. The Hall–Kier alpha value is -4.05. The first-order valence-corrected chi connectivity index (χ1v) is 11.0. The van der Waals surface area contributed by atoms with Gasteiger partial charge in [-0.2, -0.15) is 0 Å². The Morgan fingerprint density at radius 2 is 1.48 bits per heavy atom. The van der Waals surface area contributed by atoms with Crippen molar-refractivity contribution in [2.24, 2.45) is 0 Å². The van der Waals surface area contributed by atoms with Crippen LogP contribution in [0.15, 0.2) is 101 Å². The first-order valence-electron chi connectivity index (χ1n) is 11.0. The van der Waals surface area contributed by atoms with E-state index in [1.807, 2.05) is 79.7 Å². The summed E-state index contributed by atoms with van der Waals surface area (Å²) in [5.74, 6) is 2.49. The van der Waals surface area contributed by atoms with E-state index in [0.29, 0.717) is 36.0 Å². The lowest BCUT2D eigenvalue weighted by molar-refractivity contribution is 0.104. The molecule has 33 heavy (non-hydrogen) atoms. The van der Waals surface area contributed by atoms with Gasteiger partial charge in [-0.25, -0.2) is 0 Å². The lowest BCUT2D eigenvalue weighted by Gasteiger charge is -2.13. The van der Waals surface area contributed by atoms with Crippen LogP contribution in [0.25, 0.3) is 6.08 Å². The van der Waals surface area contributed by atoms with Crippen LogP contribution in [-0.2, 0) is 19.6 Å². The monoisotopic (exact) mass is 438 g/mol. The number of hydrogen-bond donors (Lipinski definition) is 0. The Bertz CT molecular complexity index is 1210. The van der Waals surface area contributed by atoms with Gasteiger partial charge in [-0.1, -0.05) is 67.6 Å². The summed E-state index contributed by atoms with van der Waals surface area (Å²) >= 11 is 0. The molecule has 4 rings (SSSR count). The van der Waals surface area contributed by atoms with Gasteiger partial charge in [0.1, 0.15) is 36.2 Å². The van der Waals surface area contributed by atoms with E-state index in [4.69, 9.17) is 13.9 Å². The van der Waals surface area contributed by atoms with Crippen LogP contribution < -0.4 is 9.47 Å². The SMILES string of the molecule is CCc1ccc(/C=C/C(=O)c2ccc(OCc3ccccc3)cc2OCc2ccccc2)o1. The summed E-state index contributed by atoms with van der Waals surface area (Å²) in [6, 6.07) is 28.9. The van der Waals surface area contributed by atoms with Crippen molar-refractivity contribution in [2.75, 3.05) is 0 Å². The van der Waals surface area contributed by atoms with Gasteiger partial charge in [0.05, 0.1) is 5.56 Å². The summed E-state index contributed by atoms with van der Waals surface area (Å²) in [5.41, 5.74) is 2.55. The average Bonchev–Trinajstić information content (AvgIpc) is 3.34. The van der Waals surface area contributed by atoms with E-state index in [-0.39, 0.29) is 5.78 Å². The van der Waals surface area contributed by atoms with Crippen LogP contribution in [0.1, 0.15) is 39.9 Å². The number of aryl methyl sites for hydroxylation is 1. The third-order valence-corrected chi connectivity index (χ3v) is 5.13. The minimum absolute atomic E-state index is 0.165. The predicted molar refractivity (Wildman–Crippen MR) is 129 cm³/mol. The van der Waals surface area contributed by atoms with Gasteiger partial charge in [0.2, 0.25) is 0 Å². The number of ether oxygens (including phenoxy) is 2. The summed E-state index contributed by atoms with van der Waals surface area (Å²) in [6.07, 6.45) is 4.00. The second kappa shape index (κ2) is 11.0. The molecular formula is C29H26O4. The van der Waals surface area contributed by atoms with Crippen molar-refractivity contribution in [1.29, 1.82) is 0 Å². The van der Waals surface area contributed by atoms with Crippen molar-refractivity contribution in [3.8, 4) is 11.5 Å². The molecule has 0 N–H and O–H groups in total. The molecular weight excluding hydrogens is 412 g/mol.